The monoisotopic (exact) mass is 241 g/mol. The van der Waals surface area contributed by atoms with Crippen molar-refractivity contribution in [1.29, 1.82) is 5.26 Å². The number of nitriles is 1. The standard InChI is InChI=1S/C10H15N3O4/c1-12(4-2-3-11)10(16)13-5-6-17-8(7-13)9(14)15/h8H,2,4-7H2,1H3,(H,14,15). The van der Waals surface area contributed by atoms with Crippen LogP contribution in [-0.2, 0) is 9.53 Å². The molecule has 1 N–H and O–H groups in total. The summed E-state index contributed by atoms with van der Waals surface area (Å²) in [5.74, 6) is -1.07. The third kappa shape index (κ3) is 3.60. The third-order valence-corrected chi connectivity index (χ3v) is 2.50. The second-order valence-electron chi connectivity index (χ2n) is 3.76. The van der Waals surface area contributed by atoms with Crippen LogP contribution < -0.4 is 0 Å². The molecule has 0 aromatic rings. The highest BCUT2D eigenvalue weighted by molar-refractivity contribution is 5.77. The average molecular weight is 241 g/mol. The van der Waals surface area contributed by atoms with Gasteiger partial charge in [-0.1, -0.05) is 0 Å². The summed E-state index contributed by atoms with van der Waals surface area (Å²) in [6.45, 7) is 0.976. The highest BCUT2D eigenvalue weighted by Gasteiger charge is 2.30. The number of hydrogen-bond donors (Lipinski definition) is 1. The number of urea groups is 1. The fourth-order valence-corrected chi connectivity index (χ4v) is 1.53. The van der Waals surface area contributed by atoms with Gasteiger partial charge in [-0.05, 0) is 0 Å². The molecular weight excluding hydrogens is 226 g/mol. The lowest BCUT2D eigenvalue weighted by molar-refractivity contribution is -0.154. The van der Waals surface area contributed by atoms with Gasteiger partial charge in [0.15, 0.2) is 6.10 Å². The Kier molecular flexibility index (Phi) is 4.72. The molecule has 0 radical (unpaired) electrons. The summed E-state index contributed by atoms with van der Waals surface area (Å²) in [4.78, 5) is 25.5. The number of ether oxygens (including phenoxy) is 1. The van der Waals surface area contributed by atoms with Crippen LogP contribution in [0.15, 0.2) is 0 Å². The van der Waals surface area contributed by atoms with Gasteiger partial charge < -0.3 is 19.6 Å². The van der Waals surface area contributed by atoms with Crippen LogP contribution in [0.3, 0.4) is 0 Å². The fraction of sp³-hybridized carbons (Fsp3) is 0.700. The number of amides is 2. The Balaban J connectivity index is 2.51. The maximum absolute atomic E-state index is 11.9. The molecule has 0 spiro atoms. The van der Waals surface area contributed by atoms with E-state index in [1.54, 1.807) is 7.05 Å². The number of nitrogens with zero attached hydrogens (tertiary/aromatic N) is 3. The normalized spacial score (nSPS) is 19.5. The lowest BCUT2D eigenvalue weighted by Gasteiger charge is -2.33. The van der Waals surface area contributed by atoms with E-state index in [4.69, 9.17) is 15.1 Å². The van der Waals surface area contributed by atoms with Crippen LogP contribution in [0.2, 0.25) is 0 Å². The zero-order valence-electron chi connectivity index (χ0n) is 9.63. The highest BCUT2D eigenvalue weighted by atomic mass is 16.5. The second kappa shape index (κ2) is 6.06. The van der Waals surface area contributed by atoms with Gasteiger partial charge in [0.2, 0.25) is 0 Å². The van der Waals surface area contributed by atoms with E-state index in [0.717, 1.165) is 0 Å². The van der Waals surface area contributed by atoms with Gasteiger partial charge in [0.25, 0.3) is 0 Å². The van der Waals surface area contributed by atoms with E-state index in [1.807, 2.05) is 6.07 Å². The first-order chi connectivity index (χ1) is 8.06. The Morgan fingerprint density at radius 1 is 1.65 bits per heavy atom. The first kappa shape index (κ1) is 13.3. The van der Waals surface area contributed by atoms with Crippen molar-refractivity contribution in [1.82, 2.24) is 9.80 Å². The number of carbonyl (C=O) groups excluding carboxylic acids is 1. The van der Waals surface area contributed by atoms with Gasteiger partial charge in [-0.2, -0.15) is 5.26 Å². The van der Waals surface area contributed by atoms with Gasteiger partial charge in [0.1, 0.15) is 0 Å². The SMILES string of the molecule is CN(CCC#N)C(=O)N1CCOC(C(=O)O)C1. The Bertz CT molecular complexity index is 339. The Morgan fingerprint density at radius 3 is 2.94 bits per heavy atom. The van der Waals surface area contributed by atoms with Gasteiger partial charge in [0, 0.05) is 20.1 Å². The number of carboxylic acid groups (broad SMARTS) is 1. The molecule has 1 rings (SSSR count). The van der Waals surface area contributed by atoms with Crippen LogP contribution in [0.1, 0.15) is 6.42 Å². The van der Waals surface area contributed by atoms with E-state index in [-0.39, 0.29) is 25.6 Å². The molecule has 0 aromatic heterocycles. The van der Waals surface area contributed by atoms with E-state index >= 15 is 0 Å². The van der Waals surface area contributed by atoms with Crippen molar-refractivity contribution in [2.45, 2.75) is 12.5 Å². The molecule has 0 saturated carbocycles. The molecule has 1 atom stereocenters. The van der Waals surface area contributed by atoms with Gasteiger partial charge in [-0.3, -0.25) is 0 Å². The molecule has 0 bridgehead atoms. The quantitative estimate of drug-likeness (QED) is 0.734. The van der Waals surface area contributed by atoms with Crippen molar-refractivity contribution in [2.24, 2.45) is 0 Å². The van der Waals surface area contributed by atoms with E-state index in [1.165, 1.54) is 9.80 Å². The molecule has 0 aromatic carbocycles. The molecule has 17 heavy (non-hydrogen) atoms. The maximum atomic E-state index is 11.9. The molecule has 2 amide bonds. The Labute approximate surface area is 99.2 Å². The second-order valence-corrected chi connectivity index (χ2v) is 3.76. The van der Waals surface area contributed by atoms with Gasteiger partial charge in [0.05, 0.1) is 25.6 Å². The van der Waals surface area contributed by atoms with E-state index in [2.05, 4.69) is 0 Å². The summed E-state index contributed by atoms with van der Waals surface area (Å²) in [7, 11) is 1.59. The lowest BCUT2D eigenvalue weighted by Crippen LogP contribution is -2.52. The molecule has 1 saturated heterocycles. The Hall–Kier alpha value is -1.81. The van der Waals surface area contributed by atoms with E-state index < -0.39 is 12.1 Å². The topological polar surface area (TPSA) is 93.9 Å². The Morgan fingerprint density at radius 2 is 2.35 bits per heavy atom. The largest absolute Gasteiger partial charge is 0.479 e. The first-order valence-corrected chi connectivity index (χ1v) is 5.27. The summed E-state index contributed by atoms with van der Waals surface area (Å²) < 4.78 is 5.02. The minimum absolute atomic E-state index is 0.0467. The van der Waals surface area contributed by atoms with E-state index in [0.29, 0.717) is 13.1 Å². The predicted molar refractivity (Wildman–Crippen MR) is 57.2 cm³/mol. The number of carboxylic acids is 1. The van der Waals surface area contributed by atoms with Gasteiger partial charge in [-0.15, -0.1) is 0 Å². The molecule has 1 aliphatic rings. The highest BCUT2D eigenvalue weighted by Crippen LogP contribution is 2.08. The van der Waals surface area contributed by atoms with Crippen LogP contribution in [0.5, 0.6) is 0 Å². The first-order valence-electron chi connectivity index (χ1n) is 5.27. The predicted octanol–water partition coefficient (Wildman–Crippen LogP) is -0.263. The number of morpholine rings is 1. The zero-order valence-corrected chi connectivity index (χ0v) is 9.63. The smallest absolute Gasteiger partial charge is 0.334 e. The van der Waals surface area contributed by atoms with Crippen molar-refractivity contribution in [3.63, 3.8) is 0 Å². The van der Waals surface area contributed by atoms with Crippen LogP contribution in [0.25, 0.3) is 0 Å². The van der Waals surface area contributed by atoms with Crippen molar-refractivity contribution < 1.29 is 19.4 Å². The molecule has 1 heterocycles. The van der Waals surface area contributed by atoms with Crippen LogP contribution in [0, 0.1) is 11.3 Å². The molecule has 1 fully saturated rings. The molecule has 1 unspecified atom stereocenters. The number of hydrogen-bond acceptors (Lipinski definition) is 4. The molecule has 94 valence electrons. The van der Waals surface area contributed by atoms with Crippen LogP contribution in [-0.4, -0.2) is 66.3 Å². The minimum atomic E-state index is -1.07. The van der Waals surface area contributed by atoms with Gasteiger partial charge >= 0.3 is 12.0 Å². The maximum Gasteiger partial charge on any atom is 0.334 e. The molecule has 7 nitrogen and oxygen atoms in total. The van der Waals surface area contributed by atoms with Crippen LogP contribution in [0.4, 0.5) is 4.79 Å². The number of carbonyl (C=O) groups is 2. The van der Waals surface area contributed by atoms with Crippen molar-refractivity contribution in [3.8, 4) is 6.07 Å². The minimum Gasteiger partial charge on any atom is -0.479 e. The number of rotatable bonds is 3. The molecule has 1 aliphatic heterocycles. The van der Waals surface area contributed by atoms with Crippen molar-refractivity contribution in [3.05, 3.63) is 0 Å². The summed E-state index contributed by atoms with van der Waals surface area (Å²) in [6.07, 6.45) is -0.702. The summed E-state index contributed by atoms with van der Waals surface area (Å²) >= 11 is 0. The van der Waals surface area contributed by atoms with Crippen molar-refractivity contribution in [2.75, 3.05) is 33.3 Å². The summed E-state index contributed by atoms with van der Waals surface area (Å²) in [5, 5.41) is 17.2. The van der Waals surface area contributed by atoms with E-state index in [9.17, 15) is 9.59 Å². The summed E-state index contributed by atoms with van der Waals surface area (Å²) in [5.41, 5.74) is 0. The lowest BCUT2D eigenvalue weighted by atomic mass is 10.3. The fourth-order valence-electron chi connectivity index (χ4n) is 1.53. The summed E-state index contributed by atoms with van der Waals surface area (Å²) in [6, 6.07) is 1.68. The van der Waals surface area contributed by atoms with Gasteiger partial charge in [-0.25, -0.2) is 9.59 Å². The molecular formula is C10H15N3O4. The molecule has 0 aliphatic carbocycles. The number of aliphatic carboxylic acids is 1. The van der Waals surface area contributed by atoms with Crippen LogP contribution >= 0.6 is 0 Å². The zero-order chi connectivity index (χ0) is 12.8. The molecule has 7 heteroatoms. The van der Waals surface area contributed by atoms with Crippen molar-refractivity contribution >= 4 is 12.0 Å². The third-order valence-electron chi connectivity index (χ3n) is 2.50. The average Bonchev–Trinajstić information content (AvgIpc) is 2.35.